The minimum atomic E-state index is -4.18. The summed E-state index contributed by atoms with van der Waals surface area (Å²) in [7, 11) is 0. The van der Waals surface area contributed by atoms with Crippen LogP contribution in [-0.2, 0) is 13.1 Å². The lowest BCUT2D eigenvalue weighted by Crippen LogP contribution is -2.17. The van der Waals surface area contributed by atoms with Crippen molar-refractivity contribution in [1.82, 2.24) is 9.88 Å². The van der Waals surface area contributed by atoms with Crippen LogP contribution in [-0.4, -0.2) is 16.8 Å². The molecule has 1 aliphatic carbocycles. The summed E-state index contributed by atoms with van der Waals surface area (Å²) in [6, 6.07) is 7.99. The molecule has 3 rings (SSSR count). The third-order valence-electron chi connectivity index (χ3n) is 3.36. The van der Waals surface area contributed by atoms with Crippen LogP contribution in [0.4, 0.5) is 13.2 Å². The van der Waals surface area contributed by atoms with E-state index in [2.05, 4.69) is 5.32 Å². The molecule has 1 N–H and O–H groups in total. The minimum Gasteiger partial charge on any atom is -0.338 e. The number of halogens is 3. The Morgan fingerprint density at radius 2 is 2.00 bits per heavy atom. The Bertz CT molecular complexity index is 582. The van der Waals surface area contributed by atoms with Gasteiger partial charge in [0, 0.05) is 24.3 Å². The molecule has 1 saturated carbocycles. The fourth-order valence-electron chi connectivity index (χ4n) is 2.24. The molecule has 1 heterocycles. The first-order chi connectivity index (χ1) is 9.01. The lowest BCUT2D eigenvalue weighted by molar-refractivity contribution is -0.139. The van der Waals surface area contributed by atoms with E-state index >= 15 is 0 Å². The van der Waals surface area contributed by atoms with Gasteiger partial charge in [-0.3, -0.25) is 0 Å². The van der Waals surface area contributed by atoms with Crippen LogP contribution < -0.4 is 5.32 Å². The highest BCUT2D eigenvalue weighted by Crippen LogP contribution is 2.24. The van der Waals surface area contributed by atoms with Gasteiger partial charge in [0.2, 0.25) is 0 Å². The van der Waals surface area contributed by atoms with E-state index in [1.165, 1.54) is 23.6 Å². The van der Waals surface area contributed by atoms with Gasteiger partial charge in [0.05, 0.1) is 0 Å². The predicted octanol–water partition coefficient (Wildman–Crippen LogP) is 3.46. The molecule has 2 aromatic rings. The van der Waals surface area contributed by atoms with E-state index < -0.39 is 12.7 Å². The average molecular weight is 268 g/mol. The number of rotatable bonds is 4. The van der Waals surface area contributed by atoms with Crippen LogP contribution in [0.5, 0.6) is 0 Å². The van der Waals surface area contributed by atoms with E-state index in [0.717, 1.165) is 17.5 Å². The minimum absolute atomic E-state index is 0.630. The Balaban J connectivity index is 1.80. The highest BCUT2D eigenvalue weighted by molar-refractivity contribution is 5.80. The van der Waals surface area contributed by atoms with Crippen molar-refractivity contribution in [2.24, 2.45) is 0 Å². The highest BCUT2D eigenvalue weighted by Gasteiger charge is 2.28. The van der Waals surface area contributed by atoms with Crippen molar-refractivity contribution in [3.63, 3.8) is 0 Å². The maximum atomic E-state index is 12.4. The van der Waals surface area contributed by atoms with Crippen molar-refractivity contribution in [3.8, 4) is 0 Å². The van der Waals surface area contributed by atoms with Crippen LogP contribution in [0, 0.1) is 0 Å². The monoisotopic (exact) mass is 268 g/mol. The molecule has 0 atom stereocenters. The molecule has 1 aromatic carbocycles. The highest BCUT2D eigenvalue weighted by atomic mass is 19.4. The van der Waals surface area contributed by atoms with Gasteiger partial charge in [0.1, 0.15) is 6.54 Å². The molecule has 0 spiro atoms. The molecule has 19 heavy (non-hydrogen) atoms. The third-order valence-corrected chi connectivity index (χ3v) is 3.36. The Hall–Kier alpha value is -1.49. The van der Waals surface area contributed by atoms with E-state index in [0.29, 0.717) is 11.6 Å². The van der Waals surface area contributed by atoms with Crippen molar-refractivity contribution in [3.05, 3.63) is 36.0 Å². The van der Waals surface area contributed by atoms with E-state index in [1.807, 2.05) is 12.1 Å². The largest absolute Gasteiger partial charge is 0.406 e. The summed E-state index contributed by atoms with van der Waals surface area (Å²) in [4.78, 5) is 0. The number of aromatic nitrogens is 1. The van der Waals surface area contributed by atoms with Crippen LogP contribution in [0.1, 0.15) is 18.4 Å². The van der Waals surface area contributed by atoms with Gasteiger partial charge in [-0.2, -0.15) is 13.2 Å². The Kier molecular flexibility index (Phi) is 3.01. The number of nitrogens with one attached hydrogen (secondary N) is 1. The summed E-state index contributed by atoms with van der Waals surface area (Å²) in [5, 5.41) is 4.26. The fourth-order valence-corrected chi connectivity index (χ4v) is 2.24. The van der Waals surface area contributed by atoms with Gasteiger partial charge in [0.25, 0.3) is 0 Å². The summed E-state index contributed by atoms with van der Waals surface area (Å²) in [5.41, 5.74) is 1.75. The lowest BCUT2D eigenvalue weighted by atomic mass is 10.1. The molecule has 2 nitrogen and oxygen atoms in total. The molecular weight excluding hydrogens is 253 g/mol. The SMILES string of the molecule is FC(F)(F)Cn1ccc2cc(CNC3CC3)ccc21. The van der Waals surface area contributed by atoms with Crippen molar-refractivity contribution >= 4 is 10.9 Å². The van der Waals surface area contributed by atoms with Crippen molar-refractivity contribution in [1.29, 1.82) is 0 Å². The molecule has 0 bridgehead atoms. The molecule has 0 amide bonds. The van der Waals surface area contributed by atoms with E-state index in [-0.39, 0.29) is 0 Å². The van der Waals surface area contributed by atoms with E-state index in [1.54, 1.807) is 12.1 Å². The summed E-state index contributed by atoms with van der Waals surface area (Å²) in [6.07, 6.45) is -0.233. The van der Waals surface area contributed by atoms with Crippen LogP contribution in [0.3, 0.4) is 0 Å². The van der Waals surface area contributed by atoms with E-state index in [4.69, 9.17) is 0 Å². The molecule has 0 saturated heterocycles. The standard InChI is InChI=1S/C14H15F3N2/c15-14(16,17)9-19-6-5-11-7-10(1-4-13(11)19)8-18-12-2-3-12/h1,4-7,12,18H,2-3,8-9H2. The van der Waals surface area contributed by atoms with Gasteiger partial charge in [-0.15, -0.1) is 0 Å². The number of nitrogens with zero attached hydrogens (tertiary/aromatic N) is 1. The Labute approximate surface area is 109 Å². The Morgan fingerprint density at radius 1 is 1.21 bits per heavy atom. The quantitative estimate of drug-likeness (QED) is 0.898. The molecule has 0 aliphatic heterocycles. The molecule has 0 unspecified atom stereocenters. The second-order valence-electron chi connectivity index (χ2n) is 5.11. The summed E-state index contributed by atoms with van der Waals surface area (Å²) in [6.45, 7) is -0.152. The molecule has 102 valence electrons. The third kappa shape index (κ3) is 3.10. The number of hydrogen-bond acceptors (Lipinski definition) is 1. The number of fused-ring (bicyclic) bond motifs is 1. The van der Waals surface area contributed by atoms with Crippen molar-refractivity contribution in [2.75, 3.05) is 0 Å². The predicted molar refractivity (Wildman–Crippen MR) is 67.9 cm³/mol. The number of benzene rings is 1. The first kappa shape index (κ1) is 12.5. The zero-order valence-corrected chi connectivity index (χ0v) is 10.4. The van der Waals surface area contributed by atoms with Crippen molar-refractivity contribution < 1.29 is 13.2 Å². The fraction of sp³-hybridized carbons (Fsp3) is 0.429. The summed E-state index contributed by atoms with van der Waals surface area (Å²) < 4.78 is 38.5. The van der Waals surface area contributed by atoms with Gasteiger partial charge >= 0.3 is 6.18 Å². The summed E-state index contributed by atoms with van der Waals surface area (Å²) in [5.74, 6) is 0. The van der Waals surface area contributed by atoms with Crippen LogP contribution >= 0.6 is 0 Å². The normalized spacial score (nSPS) is 16.2. The molecule has 1 aliphatic rings. The second kappa shape index (κ2) is 4.56. The van der Waals surface area contributed by atoms with Gasteiger partial charge in [-0.25, -0.2) is 0 Å². The average Bonchev–Trinajstić information content (AvgIpc) is 3.08. The van der Waals surface area contributed by atoms with Crippen LogP contribution in [0.15, 0.2) is 30.5 Å². The maximum absolute atomic E-state index is 12.4. The van der Waals surface area contributed by atoms with Gasteiger partial charge in [-0.05, 0) is 42.0 Å². The van der Waals surface area contributed by atoms with E-state index in [9.17, 15) is 13.2 Å². The first-order valence-corrected chi connectivity index (χ1v) is 6.39. The summed E-state index contributed by atoms with van der Waals surface area (Å²) >= 11 is 0. The smallest absolute Gasteiger partial charge is 0.338 e. The Morgan fingerprint density at radius 3 is 2.68 bits per heavy atom. The zero-order valence-electron chi connectivity index (χ0n) is 10.4. The lowest BCUT2D eigenvalue weighted by Gasteiger charge is -2.09. The first-order valence-electron chi connectivity index (χ1n) is 6.39. The van der Waals surface area contributed by atoms with Crippen molar-refractivity contribution in [2.45, 2.75) is 38.1 Å². The van der Waals surface area contributed by atoms with Crippen LogP contribution in [0.25, 0.3) is 10.9 Å². The second-order valence-corrected chi connectivity index (χ2v) is 5.11. The molecule has 5 heteroatoms. The van der Waals surface area contributed by atoms with Gasteiger partial charge in [0.15, 0.2) is 0 Å². The van der Waals surface area contributed by atoms with Crippen LogP contribution in [0.2, 0.25) is 0 Å². The van der Waals surface area contributed by atoms with Gasteiger partial charge < -0.3 is 9.88 Å². The number of alkyl halides is 3. The zero-order chi connectivity index (χ0) is 13.5. The van der Waals surface area contributed by atoms with Gasteiger partial charge in [-0.1, -0.05) is 6.07 Å². The number of hydrogen-bond donors (Lipinski definition) is 1. The molecule has 0 radical (unpaired) electrons. The topological polar surface area (TPSA) is 17.0 Å². The molecule has 1 fully saturated rings. The molecular formula is C14H15F3N2. The molecule has 1 aromatic heterocycles. The maximum Gasteiger partial charge on any atom is 0.406 e.